The van der Waals surface area contributed by atoms with Crippen molar-refractivity contribution in [1.82, 2.24) is 5.32 Å². The van der Waals surface area contributed by atoms with Gasteiger partial charge in [-0.15, -0.1) is 0 Å². The van der Waals surface area contributed by atoms with Gasteiger partial charge in [-0.2, -0.15) is 0 Å². The molecule has 0 bridgehead atoms. The van der Waals surface area contributed by atoms with E-state index in [0.29, 0.717) is 27.9 Å². The Bertz CT molecular complexity index is 1070. The van der Waals surface area contributed by atoms with Crippen molar-refractivity contribution in [2.24, 2.45) is 0 Å². The van der Waals surface area contributed by atoms with Gasteiger partial charge in [0.25, 0.3) is 0 Å². The summed E-state index contributed by atoms with van der Waals surface area (Å²) in [5, 5.41) is 24.1. The zero-order valence-corrected chi connectivity index (χ0v) is 17.7. The second-order valence-corrected chi connectivity index (χ2v) is 8.59. The van der Waals surface area contributed by atoms with Gasteiger partial charge in [-0.05, 0) is 67.5 Å². The number of allylic oxidation sites excluding steroid dienone is 1. The first-order valence-electron chi connectivity index (χ1n) is 10.3. The van der Waals surface area contributed by atoms with Gasteiger partial charge in [0.05, 0.1) is 11.0 Å². The van der Waals surface area contributed by atoms with E-state index in [1.165, 1.54) is 12.5 Å². The maximum Gasteiger partial charge on any atom is 0.336 e. The summed E-state index contributed by atoms with van der Waals surface area (Å²) in [5.74, 6) is -1.29. The summed E-state index contributed by atoms with van der Waals surface area (Å²) in [6.45, 7) is 0. The van der Waals surface area contributed by atoms with Crippen molar-refractivity contribution in [3.8, 4) is 0 Å². The molecule has 0 radical (unpaired) electrons. The largest absolute Gasteiger partial charge is 0.478 e. The normalized spacial score (nSPS) is 17.4. The fourth-order valence-electron chi connectivity index (χ4n) is 3.84. The highest BCUT2D eigenvalue weighted by Gasteiger charge is 2.51. The predicted molar refractivity (Wildman–Crippen MR) is 122 cm³/mol. The van der Waals surface area contributed by atoms with Gasteiger partial charge in [-0.25, -0.2) is 4.79 Å². The Morgan fingerprint density at radius 1 is 1.13 bits per heavy atom. The molecule has 2 saturated carbocycles. The Balaban J connectivity index is 1.57. The fourth-order valence-corrected chi connectivity index (χ4v) is 4.03. The van der Waals surface area contributed by atoms with Crippen molar-refractivity contribution in [3.05, 3.63) is 70.4 Å². The Labute approximate surface area is 185 Å². The zero-order valence-electron chi connectivity index (χ0n) is 17.0. The molecular weight excluding hydrogens is 414 g/mol. The van der Waals surface area contributed by atoms with Gasteiger partial charge in [0.15, 0.2) is 0 Å². The van der Waals surface area contributed by atoms with E-state index in [1.807, 2.05) is 12.1 Å². The molecular formula is C24H24ClN3O3. The number of carboxylic acid groups (broad SMARTS) is 1. The summed E-state index contributed by atoms with van der Waals surface area (Å²) >= 11 is 6.09. The topological polar surface area (TPSA) is 102 Å². The zero-order chi connectivity index (χ0) is 22.0. The standard InChI is InChI=1S/C24H24ClN3O3/c25-17-4-1-3-16(11-17)24(9-10-24)23(31)28-19-7-8-20(21(12-19)22(29)30)15(13-26)14-27-18-5-2-6-18/h1,3-4,7-8,11-14,18,26-27H,2,5-6,9-10H2,(H,28,31)(H,29,30)/b15-14+,26-13?. The minimum atomic E-state index is -1.11. The maximum absolute atomic E-state index is 13.0. The number of carbonyl (C=O) groups is 2. The van der Waals surface area contributed by atoms with Crippen LogP contribution in [0.15, 0.2) is 48.7 Å². The van der Waals surface area contributed by atoms with Crippen LogP contribution in [-0.2, 0) is 10.2 Å². The van der Waals surface area contributed by atoms with Crippen molar-refractivity contribution in [2.45, 2.75) is 43.6 Å². The molecule has 0 saturated heterocycles. The summed E-state index contributed by atoms with van der Waals surface area (Å²) in [5.41, 5.74) is 1.61. The quantitative estimate of drug-likeness (QED) is 0.443. The number of hydrogen-bond acceptors (Lipinski definition) is 4. The van der Waals surface area contributed by atoms with Crippen molar-refractivity contribution >= 4 is 41.0 Å². The van der Waals surface area contributed by atoms with E-state index < -0.39 is 11.4 Å². The first kappa shape index (κ1) is 21.1. The summed E-state index contributed by atoms with van der Waals surface area (Å²) in [6, 6.07) is 12.4. The van der Waals surface area contributed by atoms with Crippen LogP contribution in [-0.4, -0.2) is 29.2 Å². The third-order valence-electron chi connectivity index (χ3n) is 6.12. The van der Waals surface area contributed by atoms with Crippen molar-refractivity contribution in [2.75, 3.05) is 5.32 Å². The van der Waals surface area contributed by atoms with E-state index in [4.69, 9.17) is 17.0 Å². The number of carboxylic acids is 1. The lowest BCUT2D eigenvalue weighted by Crippen LogP contribution is -2.31. The number of benzene rings is 2. The van der Waals surface area contributed by atoms with Crippen LogP contribution in [0.5, 0.6) is 0 Å². The third-order valence-corrected chi connectivity index (χ3v) is 6.35. The second kappa shape index (κ2) is 8.55. The van der Waals surface area contributed by atoms with Crippen LogP contribution < -0.4 is 10.6 Å². The minimum absolute atomic E-state index is 0.0376. The highest BCUT2D eigenvalue weighted by Crippen LogP contribution is 2.49. The van der Waals surface area contributed by atoms with Gasteiger partial charge in [0.2, 0.25) is 5.91 Å². The summed E-state index contributed by atoms with van der Waals surface area (Å²) in [4.78, 5) is 24.9. The molecule has 0 spiro atoms. The molecule has 0 heterocycles. The lowest BCUT2D eigenvalue weighted by Gasteiger charge is -2.26. The Morgan fingerprint density at radius 2 is 1.90 bits per heavy atom. The number of amides is 1. The molecule has 7 heteroatoms. The van der Waals surface area contributed by atoms with Gasteiger partial charge in [-0.3, -0.25) is 4.79 Å². The average molecular weight is 438 g/mol. The molecule has 160 valence electrons. The fraction of sp³-hybridized carbons (Fsp3) is 0.292. The van der Waals surface area contributed by atoms with Crippen LogP contribution in [0.3, 0.4) is 0 Å². The van der Waals surface area contributed by atoms with Crippen LogP contribution in [0.4, 0.5) is 5.69 Å². The van der Waals surface area contributed by atoms with Gasteiger partial charge >= 0.3 is 5.97 Å². The highest BCUT2D eigenvalue weighted by molar-refractivity contribution is 6.30. The van der Waals surface area contributed by atoms with E-state index >= 15 is 0 Å². The Hall–Kier alpha value is -3.12. The molecule has 2 aliphatic rings. The molecule has 0 aromatic heterocycles. The number of hydrogen-bond donors (Lipinski definition) is 4. The molecule has 4 rings (SSSR count). The molecule has 2 aliphatic carbocycles. The van der Waals surface area contributed by atoms with Gasteiger partial charge in [0.1, 0.15) is 0 Å². The van der Waals surface area contributed by atoms with Crippen molar-refractivity contribution in [3.63, 3.8) is 0 Å². The number of halogens is 1. The molecule has 1 amide bonds. The Morgan fingerprint density at radius 3 is 2.48 bits per heavy atom. The van der Waals surface area contributed by atoms with Crippen LogP contribution in [0.2, 0.25) is 5.02 Å². The minimum Gasteiger partial charge on any atom is -0.478 e. The molecule has 0 aliphatic heterocycles. The van der Waals surface area contributed by atoms with E-state index in [0.717, 1.165) is 37.5 Å². The Kier molecular flexibility index (Phi) is 5.83. The summed E-state index contributed by atoms with van der Waals surface area (Å²) in [7, 11) is 0. The number of nitrogens with one attached hydrogen (secondary N) is 3. The van der Waals surface area contributed by atoms with Gasteiger partial charge in [0, 0.05) is 34.7 Å². The summed E-state index contributed by atoms with van der Waals surface area (Å²) < 4.78 is 0. The van der Waals surface area contributed by atoms with Gasteiger partial charge in [-0.1, -0.05) is 29.8 Å². The number of aromatic carboxylic acids is 1. The second-order valence-electron chi connectivity index (χ2n) is 8.15. The first-order valence-corrected chi connectivity index (χ1v) is 10.7. The predicted octanol–water partition coefficient (Wildman–Crippen LogP) is 4.84. The molecule has 2 aromatic carbocycles. The average Bonchev–Trinajstić information content (AvgIpc) is 3.52. The molecule has 0 unspecified atom stereocenters. The molecule has 31 heavy (non-hydrogen) atoms. The third kappa shape index (κ3) is 4.35. The number of rotatable bonds is 8. The highest BCUT2D eigenvalue weighted by atomic mass is 35.5. The number of anilines is 1. The van der Waals surface area contributed by atoms with E-state index in [9.17, 15) is 14.7 Å². The van der Waals surface area contributed by atoms with Crippen LogP contribution in [0.25, 0.3) is 5.57 Å². The number of carbonyl (C=O) groups excluding carboxylic acids is 1. The molecule has 6 nitrogen and oxygen atoms in total. The maximum atomic E-state index is 13.0. The first-order chi connectivity index (χ1) is 14.9. The van der Waals surface area contributed by atoms with Crippen LogP contribution in [0.1, 0.15) is 53.6 Å². The van der Waals surface area contributed by atoms with E-state index in [2.05, 4.69) is 10.6 Å². The molecule has 2 aromatic rings. The van der Waals surface area contributed by atoms with Gasteiger partial charge < -0.3 is 21.1 Å². The van der Waals surface area contributed by atoms with Crippen LogP contribution in [0, 0.1) is 5.41 Å². The van der Waals surface area contributed by atoms with Crippen molar-refractivity contribution < 1.29 is 14.7 Å². The summed E-state index contributed by atoms with van der Waals surface area (Å²) in [6.07, 6.45) is 7.61. The van der Waals surface area contributed by atoms with E-state index in [-0.39, 0.29) is 11.5 Å². The van der Waals surface area contributed by atoms with Crippen molar-refractivity contribution in [1.29, 1.82) is 5.41 Å². The molecule has 2 fully saturated rings. The molecule has 4 N–H and O–H groups in total. The lowest BCUT2D eigenvalue weighted by molar-refractivity contribution is -0.118. The monoisotopic (exact) mass is 437 g/mol. The van der Waals surface area contributed by atoms with E-state index in [1.54, 1.807) is 30.5 Å². The lowest BCUT2D eigenvalue weighted by atomic mass is 9.93. The smallest absolute Gasteiger partial charge is 0.336 e. The molecule has 0 atom stereocenters. The SMILES string of the molecule is N=C/C(=C\NC1CCC1)c1ccc(NC(=O)C2(c3cccc(Cl)c3)CC2)cc1C(=O)O. The van der Waals surface area contributed by atoms with Crippen LogP contribution >= 0.6 is 11.6 Å².